The summed E-state index contributed by atoms with van der Waals surface area (Å²) in [5.41, 5.74) is 5.07. The Morgan fingerprint density at radius 2 is 1.96 bits per heavy atom. The molecule has 4 rings (SSSR count). The van der Waals surface area contributed by atoms with Crippen molar-refractivity contribution in [1.29, 1.82) is 0 Å². The summed E-state index contributed by atoms with van der Waals surface area (Å²) < 4.78 is 6.27. The summed E-state index contributed by atoms with van der Waals surface area (Å²) in [7, 11) is 2.11. The number of hydrogen-bond donors (Lipinski definition) is 1. The van der Waals surface area contributed by atoms with Crippen LogP contribution in [0.25, 0.3) is 11.1 Å². The number of aryl methyl sites for hydroxylation is 1. The molecule has 1 aromatic carbocycles. The summed E-state index contributed by atoms with van der Waals surface area (Å²) in [6.07, 6.45) is 2.40. The van der Waals surface area contributed by atoms with Crippen LogP contribution in [-0.4, -0.2) is 38.8 Å². The Labute approximate surface area is 147 Å². The van der Waals surface area contributed by atoms with E-state index < -0.39 is 0 Å². The molecule has 0 amide bonds. The van der Waals surface area contributed by atoms with Gasteiger partial charge in [-0.3, -0.25) is 0 Å². The van der Waals surface area contributed by atoms with E-state index in [0.717, 1.165) is 36.7 Å². The predicted molar refractivity (Wildman–Crippen MR) is 101 cm³/mol. The van der Waals surface area contributed by atoms with Crippen molar-refractivity contribution in [3.63, 3.8) is 0 Å². The van der Waals surface area contributed by atoms with Crippen molar-refractivity contribution in [2.24, 2.45) is 4.99 Å². The van der Waals surface area contributed by atoms with Crippen LogP contribution in [0.15, 0.2) is 34.6 Å². The number of anilines is 1. The fourth-order valence-electron chi connectivity index (χ4n) is 3.30. The van der Waals surface area contributed by atoms with E-state index in [-0.39, 0.29) is 6.10 Å². The fraction of sp³-hybridized carbons (Fsp3) is 0.421. The van der Waals surface area contributed by atoms with Crippen LogP contribution in [0.3, 0.4) is 0 Å². The monoisotopic (exact) mass is 341 g/mol. The van der Waals surface area contributed by atoms with Gasteiger partial charge < -0.3 is 15.0 Å². The van der Waals surface area contributed by atoms with Gasteiger partial charge in [-0.1, -0.05) is 29.8 Å². The molecule has 0 atom stereocenters. The lowest BCUT2D eigenvalue weighted by atomic mass is 10.0. The largest absolute Gasteiger partial charge is 0.473 e. The van der Waals surface area contributed by atoms with Crippen LogP contribution in [0.4, 0.5) is 5.69 Å². The highest BCUT2D eigenvalue weighted by molar-refractivity contribution is 7.13. The molecule has 0 unspecified atom stereocenters. The van der Waals surface area contributed by atoms with Crippen molar-refractivity contribution in [3.05, 3.63) is 40.1 Å². The van der Waals surface area contributed by atoms with E-state index in [0.29, 0.717) is 6.67 Å². The number of thiophene rings is 1. The number of rotatable bonds is 2. The SMILES string of the molecule is Cc1ccc(-c2csc3c2N(C)CN=C3OC2CCNCC2)cc1. The second-order valence-electron chi connectivity index (χ2n) is 6.56. The lowest BCUT2D eigenvalue weighted by Crippen LogP contribution is -2.35. The molecule has 0 bridgehead atoms. The quantitative estimate of drug-likeness (QED) is 0.906. The van der Waals surface area contributed by atoms with E-state index in [1.807, 2.05) is 0 Å². The van der Waals surface area contributed by atoms with Crippen LogP contribution in [0, 0.1) is 6.92 Å². The van der Waals surface area contributed by atoms with Gasteiger partial charge in [-0.15, -0.1) is 11.3 Å². The van der Waals surface area contributed by atoms with Gasteiger partial charge in [0, 0.05) is 18.0 Å². The first-order valence-corrected chi connectivity index (χ1v) is 9.42. The third-order valence-corrected chi connectivity index (χ3v) is 5.65. The molecule has 1 fully saturated rings. The van der Waals surface area contributed by atoms with Crippen LogP contribution in [0.1, 0.15) is 23.3 Å². The molecule has 4 nitrogen and oxygen atoms in total. The molecule has 0 saturated carbocycles. The number of hydrogen-bond acceptors (Lipinski definition) is 5. The van der Waals surface area contributed by atoms with Crippen LogP contribution in [0.2, 0.25) is 0 Å². The first-order chi connectivity index (χ1) is 11.7. The highest BCUT2D eigenvalue weighted by Crippen LogP contribution is 2.41. The molecule has 2 aliphatic rings. The predicted octanol–water partition coefficient (Wildman–Crippen LogP) is 3.65. The zero-order chi connectivity index (χ0) is 16.5. The second-order valence-corrected chi connectivity index (χ2v) is 7.44. The third kappa shape index (κ3) is 2.94. The average molecular weight is 341 g/mol. The van der Waals surface area contributed by atoms with E-state index in [4.69, 9.17) is 4.74 Å². The van der Waals surface area contributed by atoms with Gasteiger partial charge in [0.25, 0.3) is 0 Å². The molecule has 5 heteroatoms. The Hall–Kier alpha value is -1.85. The summed E-state index contributed by atoms with van der Waals surface area (Å²) in [4.78, 5) is 8.06. The van der Waals surface area contributed by atoms with Crippen molar-refractivity contribution < 1.29 is 4.74 Å². The molecule has 1 saturated heterocycles. The van der Waals surface area contributed by atoms with E-state index in [1.54, 1.807) is 11.3 Å². The normalized spacial score (nSPS) is 18.2. The summed E-state index contributed by atoms with van der Waals surface area (Å²) in [5.74, 6) is 0.832. The fourth-order valence-corrected chi connectivity index (χ4v) is 4.37. The van der Waals surface area contributed by atoms with Crippen LogP contribution in [-0.2, 0) is 4.74 Å². The molecule has 3 heterocycles. The minimum Gasteiger partial charge on any atom is -0.473 e. The summed E-state index contributed by atoms with van der Waals surface area (Å²) in [6, 6.07) is 8.74. The number of fused-ring (bicyclic) bond motifs is 1. The van der Waals surface area contributed by atoms with E-state index in [1.165, 1.54) is 22.4 Å². The van der Waals surface area contributed by atoms with Gasteiger partial charge in [0.1, 0.15) is 17.6 Å². The van der Waals surface area contributed by atoms with Gasteiger partial charge in [-0.2, -0.15) is 0 Å². The summed E-state index contributed by atoms with van der Waals surface area (Å²) >= 11 is 1.74. The van der Waals surface area contributed by atoms with E-state index in [9.17, 15) is 0 Å². The van der Waals surface area contributed by atoms with Crippen molar-refractivity contribution in [2.75, 3.05) is 31.7 Å². The molecule has 126 valence electrons. The van der Waals surface area contributed by atoms with Crippen LogP contribution in [0.5, 0.6) is 0 Å². The molecule has 0 radical (unpaired) electrons. The third-order valence-electron chi connectivity index (χ3n) is 4.69. The molecule has 0 aliphatic carbocycles. The van der Waals surface area contributed by atoms with Gasteiger partial charge in [0.15, 0.2) is 0 Å². The average Bonchev–Trinajstić information content (AvgIpc) is 3.05. The second kappa shape index (κ2) is 6.57. The first kappa shape index (κ1) is 15.7. The lowest BCUT2D eigenvalue weighted by molar-refractivity contribution is 0.150. The Kier molecular flexibility index (Phi) is 4.29. The van der Waals surface area contributed by atoms with Crippen molar-refractivity contribution >= 4 is 22.9 Å². The van der Waals surface area contributed by atoms with E-state index >= 15 is 0 Å². The molecular formula is C19H23N3OS. The zero-order valence-corrected chi connectivity index (χ0v) is 15.0. The van der Waals surface area contributed by atoms with Crippen LogP contribution < -0.4 is 10.2 Å². The topological polar surface area (TPSA) is 36.9 Å². The van der Waals surface area contributed by atoms with Crippen molar-refractivity contribution in [1.82, 2.24) is 5.32 Å². The number of benzene rings is 1. The van der Waals surface area contributed by atoms with Crippen molar-refractivity contribution in [3.8, 4) is 11.1 Å². The number of nitrogens with one attached hydrogen (secondary N) is 1. The maximum absolute atomic E-state index is 6.27. The van der Waals surface area contributed by atoms with Gasteiger partial charge in [-0.25, -0.2) is 4.99 Å². The Morgan fingerprint density at radius 3 is 2.71 bits per heavy atom. The number of piperidine rings is 1. The molecule has 1 aromatic heterocycles. The molecule has 2 aliphatic heterocycles. The number of aliphatic imine (C=N–C) groups is 1. The minimum atomic E-state index is 0.284. The molecule has 0 spiro atoms. The Morgan fingerprint density at radius 1 is 1.21 bits per heavy atom. The van der Waals surface area contributed by atoms with E-state index in [2.05, 4.69) is 58.8 Å². The number of nitrogens with zero attached hydrogens (tertiary/aromatic N) is 2. The summed E-state index contributed by atoms with van der Waals surface area (Å²) in [5, 5.41) is 5.62. The van der Waals surface area contributed by atoms with Gasteiger partial charge in [0.05, 0.1) is 5.69 Å². The number of ether oxygens (including phenoxy) is 1. The van der Waals surface area contributed by atoms with Crippen molar-refractivity contribution in [2.45, 2.75) is 25.9 Å². The Balaban J connectivity index is 1.65. The highest BCUT2D eigenvalue weighted by Gasteiger charge is 2.27. The smallest absolute Gasteiger partial charge is 0.230 e. The molecule has 2 aromatic rings. The van der Waals surface area contributed by atoms with Gasteiger partial charge in [-0.05, 0) is 38.4 Å². The minimum absolute atomic E-state index is 0.284. The van der Waals surface area contributed by atoms with Crippen LogP contribution >= 0.6 is 11.3 Å². The Bertz CT molecular complexity index is 744. The molecular weight excluding hydrogens is 318 g/mol. The standard InChI is InChI=1S/C19H23N3OS/c1-13-3-5-14(6-4-13)16-11-24-18-17(16)22(2)12-21-19(18)23-15-7-9-20-10-8-15/h3-6,11,15,20H,7-10,12H2,1-2H3. The maximum atomic E-state index is 6.27. The zero-order valence-electron chi connectivity index (χ0n) is 14.2. The molecule has 1 N–H and O–H groups in total. The summed E-state index contributed by atoms with van der Waals surface area (Å²) in [6.45, 7) is 4.84. The van der Waals surface area contributed by atoms with Gasteiger partial charge >= 0.3 is 0 Å². The lowest BCUT2D eigenvalue weighted by Gasteiger charge is -2.29. The highest BCUT2D eigenvalue weighted by atomic mass is 32.1. The first-order valence-electron chi connectivity index (χ1n) is 8.54. The molecule has 24 heavy (non-hydrogen) atoms. The maximum Gasteiger partial charge on any atom is 0.230 e. The van der Waals surface area contributed by atoms with Gasteiger partial charge in [0.2, 0.25) is 5.90 Å².